The van der Waals surface area contributed by atoms with Crippen LogP contribution in [-0.2, 0) is 19.3 Å². The lowest BCUT2D eigenvalue weighted by molar-refractivity contribution is 0.488. The molecule has 0 unspecified atom stereocenters. The van der Waals surface area contributed by atoms with Crippen molar-refractivity contribution in [3.05, 3.63) is 87.2 Å². The Kier molecular flexibility index (Phi) is 7.38. The lowest BCUT2D eigenvalue weighted by Crippen LogP contribution is -2.59. The van der Waals surface area contributed by atoms with Gasteiger partial charge in [-0.1, -0.05) is 20.8 Å². The third-order valence-corrected chi connectivity index (χ3v) is 5.82. The van der Waals surface area contributed by atoms with E-state index >= 15 is 26.3 Å². The molecule has 3 aromatic rings. The fourth-order valence-corrected chi connectivity index (χ4v) is 3.97. The summed E-state index contributed by atoms with van der Waals surface area (Å²) in [5.41, 5.74) is -5.84. The van der Waals surface area contributed by atoms with Crippen LogP contribution in [0.4, 0.5) is 39.5 Å². The van der Waals surface area contributed by atoms with Crippen LogP contribution in [0, 0.1) is 52.4 Å². The first-order valence-corrected chi connectivity index (χ1v) is 10.5. The first kappa shape index (κ1) is 25.7. The minimum atomic E-state index is -2.72. The van der Waals surface area contributed by atoms with Crippen molar-refractivity contribution in [2.24, 2.45) is 0 Å². The highest BCUT2D eigenvalue weighted by atomic mass is 19.2. The summed E-state index contributed by atoms with van der Waals surface area (Å²) in [7, 11) is 0. The molecule has 0 nitrogen and oxygen atoms in total. The van der Waals surface area contributed by atoms with Gasteiger partial charge < -0.3 is 0 Å². The van der Waals surface area contributed by atoms with E-state index in [1.54, 1.807) is 0 Å². The van der Waals surface area contributed by atoms with E-state index in [0.717, 1.165) is 0 Å². The van der Waals surface area contributed by atoms with E-state index in [1.165, 1.54) is 20.8 Å². The van der Waals surface area contributed by atoms with E-state index in [1.807, 2.05) is 0 Å². The fraction of sp³-hybridized carbons (Fsp3) is 0.250. The van der Waals surface area contributed by atoms with Gasteiger partial charge >= 0.3 is 0 Å². The average Bonchev–Trinajstić information content (AvgIpc) is 2.80. The Morgan fingerprint density at radius 2 is 0.676 bits per heavy atom. The maximum atomic E-state index is 15.1. The molecule has 0 aromatic heterocycles. The number of rotatable bonds is 6. The molecule has 0 atom stereocenters. The highest BCUT2D eigenvalue weighted by molar-refractivity contribution is 6.95. The molecule has 0 spiro atoms. The standard InChI is InChI=1S/C24H18BF9/c1-4-10-7-13(26)16(22(32)19(10)29)25(17-14(27)8-11(5-2)20(30)23(17)33)18-15(28)9-12(6-3)21(31)24(18)34/h7-9H,4-6H2,1-3H3. The van der Waals surface area contributed by atoms with Crippen LogP contribution in [-0.4, -0.2) is 6.71 Å². The zero-order valence-electron chi connectivity index (χ0n) is 18.3. The smallest absolute Gasteiger partial charge is 0.207 e. The van der Waals surface area contributed by atoms with Crippen LogP contribution in [0.15, 0.2) is 18.2 Å². The maximum absolute atomic E-state index is 15.1. The summed E-state index contributed by atoms with van der Waals surface area (Å²) in [5.74, 6) is -15.6. The SMILES string of the molecule is CCc1cc(F)c(B(c2c(F)cc(CC)c(F)c2F)c2c(F)cc(CC)c(F)c2F)c(F)c1F. The normalized spacial score (nSPS) is 11.3. The second-order valence-electron chi connectivity index (χ2n) is 7.67. The van der Waals surface area contributed by atoms with Gasteiger partial charge in [0.05, 0.1) is 0 Å². The van der Waals surface area contributed by atoms with E-state index in [9.17, 15) is 13.2 Å². The highest BCUT2D eigenvalue weighted by Gasteiger charge is 2.41. The van der Waals surface area contributed by atoms with Gasteiger partial charge in [0, 0.05) is 16.4 Å². The average molecular weight is 488 g/mol. The third kappa shape index (κ3) is 4.07. The van der Waals surface area contributed by atoms with Gasteiger partial charge in [-0.25, -0.2) is 39.5 Å². The maximum Gasteiger partial charge on any atom is 0.264 e. The van der Waals surface area contributed by atoms with E-state index in [4.69, 9.17) is 0 Å². The number of benzene rings is 3. The van der Waals surface area contributed by atoms with E-state index in [2.05, 4.69) is 0 Å². The zero-order chi connectivity index (χ0) is 25.5. The van der Waals surface area contributed by atoms with Gasteiger partial charge in [-0.05, 0) is 54.2 Å². The molecule has 0 fully saturated rings. The van der Waals surface area contributed by atoms with Gasteiger partial charge in [-0.15, -0.1) is 0 Å². The van der Waals surface area contributed by atoms with Crippen molar-refractivity contribution in [3.8, 4) is 0 Å². The molecule has 3 aromatic carbocycles. The lowest BCUT2D eigenvalue weighted by Gasteiger charge is -2.22. The molecule has 0 bridgehead atoms. The van der Waals surface area contributed by atoms with Crippen LogP contribution in [0.2, 0.25) is 0 Å². The first-order valence-electron chi connectivity index (χ1n) is 10.5. The zero-order valence-corrected chi connectivity index (χ0v) is 18.3. The van der Waals surface area contributed by atoms with Crippen molar-refractivity contribution in [2.45, 2.75) is 40.0 Å². The Bertz CT molecular complexity index is 1120. The van der Waals surface area contributed by atoms with Crippen LogP contribution < -0.4 is 16.4 Å². The van der Waals surface area contributed by atoms with Crippen LogP contribution in [0.1, 0.15) is 37.5 Å². The molecule has 0 radical (unpaired) electrons. The minimum Gasteiger partial charge on any atom is -0.207 e. The molecule has 0 amide bonds. The van der Waals surface area contributed by atoms with E-state index in [-0.39, 0.29) is 19.3 Å². The molecule has 0 heterocycles. The second kappa shape index (κ2) is 9.76. The number of halogens is 9. The molecule has 0 aliphatic carbocycles. The monoisotopic (exact) mass is 488 g/mol. The van der Waals surface area contributed by atoms with Gasteiger partial charge in [0.25, 0.3) is 6.71 Å². The molecule has 34 heavy (non-hydrogen) atoms. The Balaban J connectivity index is 2.54. The molecule has 0 N–H and O–H groups in total. The third-order valence-electron chi connectivity index (χ3n) is 5.82. The predicted octanol–water partition coefficient (Wildman–Crippen LogP) is 5.14. The van der Waals surface area contributed by atoms with E-state index < -0.39 is 92.1 Å². The van der Waals surface area contributed by atoms with Gasteiger partial charge in [0.1, 0.15) is 17.5 Å². The van der Waals surface area contributed by atoms with Crippen molar-refractivity contribution in [3.63, 3.8) is 0 Å². The Hall–Kier alpha value is -2.91. The molecule has 0 saturated carbocycles. The Morgan fingerprint density at radius 3 is 0.882 bits per heavy atom. The largest absolute Gasteiger partial charge is 0.264 e. The van der Waals surface area contributed by atoms with E-state index in [0.29, 0.717) is 18.2 Å². The number of hydrogen-bond donors (Lipinski definition) is 0. The van der Waals surface area contributed by atoms with Gasteiger partial charge in [-0.2, -0.15) is 0 Å². The Morgan fingerprint density at radius 1 is 0.441 bits per heavy atom. The van der Waals surface area contributed by atoms with Crippen molar-refractivity contribution < 1.29 is 39.5 Å². The summed E-state index contributed by atoms with van der Waals surface area (Å²) >= 11 is 0. The fourth-order valence-electron chi connectivity index (χ4n) is 3.97. The van der Waals surface area contributed by atoms with Crippen molar-refractivity contribution in [1.29, 1.82) is 0 Å². The van der Waals surface area contributed by atoms with Crippen molar-refractivity contribution in [2.75, 3.05) is 0 Å². The van der Waals surface area contributed by atoms with Crippen molar-refractivity contribution >= 4 is 23.1 Å². The van der Waals surface area contributed by atoms with Gasteiger partial charge in [0.15, 0.2) is 34.9 Å². The quantitative estimate of drug-likeness (QED) is 0.256. The summed E-state index contributed by atoms with van der Waals surface area (Å²) in [5, 5.41) is 0. The van der Waals surface area contributed by atoms with Crippen LogP contribution in [0.5, 0.6) is 0 Å². The highest BCUT2D eigenvalue weighted by Crippen LogP contribution is 2.21. The van der Waals surface area contributed by atoms with Crippen LogP contribution in [0.3, 0.4) is 0 Å². The molecule has 0 aliphatic rings. The molecule has 3 rings (SSSR count). The summed E-state index contributed by atoms with van der Waals surface area (Å²) < 4.78 is 134. The summed E-state index contributed by atoms with van der Waals surface area (Å²) in [6.45, 7) is 1.38. The summed E-state index contributed by atoms with van der Waals surface area (Å²) in [6.07, 6.45) is -0.554. The second-order valence-corrected chi connectivity index (χ2v) is 7.67. The summed E-state index contributed by atoms with van der Waals surface area (Å²) in [4.78, 5) is 0. The topological polar surface area (TPSA) is 0 Å². The number of hydrogen-bond acceptors (Lipinski definition) is 0. The molecule has 0 aliphatic heterocycles. The minimum absolute atomic E-state index is 0.185. The van der Waals surface area contributed by atoms with Gasteiger partial charge in [-0.3, -0.25) is 0 Å². The van der Waals surface area contributed by atoms with Crippen molar-refractivity contribution in [1.82, 2.24) is 0 Å². The Labute approximate surface area is 190 Å². The molecule has 0 saturated heterocycles. The van der Waals surface area contributed by atoms with Crippen LogP contribution >= 0.6 is 0 Å². The molecule has 10 heteroatoms. The first-order chi connectivity index (χ1) is 16.0. The predicted molar refractivity (Wildman–Crippen MR) is 112 cm³/mol. The molecular formula is C24H18BF9. The number of aryl methyl sites for hydroxylation is 3. The lowest BCUT2D eigenvalue weighted by atomic mass is 9.35. The summed E-state index contributed by atoms with van der Waals surface area (Å²) in [6, 6.07) is 1.50. The van der Waals surface area contributed by atoms with Gasteiger partial charge in [0.2, 0.25) is 0 Å². The van der Waals surface area contributed by atoms with Crippen LogP contribution in [0.25, 0.3) is 0 Å². The molecule has 180 valence electrons. The molecular weight excluding hydrogens is 470 g/mol.